The van der Waals surface area contributed by atoms with Crippen molar-refractivity contribution in [2.45, 2.75) is 52.0 Å². The Morgan fingerprint density at radius 1 is 1.00 bits per heavy atom. The number of nitrogens with two attached hydrogens (primary N) is 2. The van der Waals surface area contributed by atoms with E-state index in [2.05, 4.69) is 30.4 Å². The first-order valence-electron chi connectivity index (χ1n) is 5.45. The van der Waals surface area contributed by atoms with Crippen LogP contribution >= 0.6 is 0 Å². The second-order valence-electron chi connectivity index (χ2n) is 3.51. The molecule has 0 saturated heterocycles. The molecule has 3 heteroatoms. The summed E-state index contributed by atoms with van der Waals surface area (Å²) >= 11 is 0. The van der Waals surface area contributed by atoms with Crippen LogP contribution in [-0.2, 0) is 0 Å². The predicted molar refractivity (Wildman–Crippen MR) is 58.2 cm³/mol. The topological polar surface area (TPSA) is 55.3 Å². The first kappa shape index (κ1) is 12.9. The SMILES string of the molecule is CCN(CC)C1CCCCC1.NN. The maximum absolute atomic E-state index is 4.00. The van der Waals surface area contributed by atoms with Crippen LogP contribution in [0.2, 0.25) is 0 Å². The standard InChI is InChI=1S/C10H21N.H4N2/c1-3-11(4-2)10-8-6-5-7-9-10;1-2/h10H,3-9H2,1-2H3;1-2H2. The molecule has 1 saturated carbocycles. The van der Waals surface area contributed by atoms with Gasteiger partial charge in [0.15, 0.2) is 0 Å². The fourth-order valence-electron chi connectivity index (χ4n) is 2.19. The highest BCUT2D eigenvalue weighted by Gasteiger charge is 2.17. The molecule has 1 aliphatic rings. The van der Waals surface area contributed by atoms with E-state index in [1.165, 1.54) is 45.2 Å². The van der Waals surface area contributed by atoms with Crippen LogP contribution in [0.4, 0.5) is 0 Å². The largest absolute Gasteiger partial charge is 0.301 e. The molecule has 0 aromatic rings. The van der Waals surface area contributed by atoms with Crippen molar-refractivity contribution in [1.82, 2.24) is 4.90 Å². The van der Waals surface area contributed by atoms with Crippen molar-refractivity contribution < 1.29 is 0 Å². The maximum Gasteiger partial charge on any atom is 0.00950 e. The second-order valence-corrected chi connectivity index (χ2v) is 3.51. The van der Waals surface area contributed by atoms with Crippen molar-refractivity contribution >= 4 is 0 Å². The van der Waals surface area contributed by atoms with E-state index in [1.807, 2.05) is 0 Å². The molecule has 0 aromatic heterocycles. The van der Waals surface area contributed by atoms with E-state index in [4.69, 9.17) is 0 Å². The molecule has 1 fully saturated rings. The molecule has 0 aromatic carbocycles. The third kappa shape index (κ3) is 4.60. The molecular weight excluding hydrogens is 162 g/mol. The molecule has 3 nitrogen and oxygen atoms in total. The summed E-state index contributed by atoms with van der Waals surface area (Å²) in [5, 5.41) is 0. The van der Waals surface area contributed by atoms with Gasteiger partial charge in [0.2, 0.25) is 0 Å². The van der Waals surface area contributed by atoms with E-state index in [-0.39, 0.29) is 0 Å². The van der Waals surface area contributed by atoms with Crippen molar-refractivity contribution in [2.75, 3.05) is 13.1 Å². The highest BCUT2D eigenvalue weighted by molar-refractivity contribution is 4.73. The average Bonchev–Trinajstić information content (AvgIpc) is 2.24. The van der Waals surface area contributed by atoms with Crippen LogP contribution in [0.25, 0.3) is 0 Å². The molecule has 1 aliphatic carbocycles. The minimum atomic E-state index is 0.916. The summed E-state index contributed by atoms with van der Waals surface area (Å²) in [6.45, 7) is 7.03. The van der Waals surface area contributed by atoms with E-state index in [0.29, 0.717) is 0 Å². The molecular formula is C10H25N3. The number of rotatable bonds is 3. The van der Waals surface area contributed by atoms with Gasteiger partial charge in [-0.05, 0) is 25.9 Å². The van der Waals surface area contributed by atoms with Gasteiger partial charge in [0.1, 0.15) is 0 Å². The molecule has 0 radical (unpaired) electrons. The van der Waals surface area contributed by atoms with Crippen LogP contribution in [-0.4, -0.2) is 24.0 Å². The Morgan fingerprint density at radius 2 is 1.46 bits per heavy atom. The van der Waals surface area contributed by atoms with Gasteiger partial charge in [-0.25, -0.2) is 0 Å². The first-order chi connectivity index (χ1) is 6.38. The lowest BCUT2D eigenvalue weighted by molar-refractivity contribution is 0.172. The summed E-state index contributed by atoms with van der Waals surface area (Å²) in [5.41, 5.74) is 0. The summed E-state index contributed by atoms with van der Waals surface area (Å²) in [6.07, 6.45) is 7.28. The zero-order valence-electron chi connectivity index (χ0n) is 9.13. The monoisotopic (exact) mass is 187 g/mol. The average molecular weight is 187 g/mol. The second kappa shape index (κ2) is 8.48. The minimum Gasteiger partial charge on any atom is -0.301 e. The lowest BCUT2D eigenvalue weighted by Crippen LogP contribution is -2.36. The number of hydrogen-bond donors (Lipinski definition) is 2. The Kier molecular flexibility index (Phi) is 8.40. The van der Waals surface area contributed by atoms with Crippen LogP contribution in [0.3, 0.4) is 0 Å². The van der Waals surface area contributed by atoms with Crippen molar-refractivity contribution in [1.29, 1.82) is 0 Å². The van der Waals surface area contributed by atoms with Gasteiger partial charge in [-0.1, -0.05) is 33.1 Å². The van der Waals surface area contributed by atoms with Crippen LogP contribution in [0, 0.1) is 0 Å². The Bertz CT molecular complexity index is 96.3. The number of hydrazine groups is 1. The summed E-state index contributed by atoms with van der Waals surface area (Å²) in [5.74, 6) is 8.00. The van der Waals surface area contributed by atoms with E-state index in [0.717, 1.165) is 6.04 Å². The van der Waals surface area contributed by atoms with E-state index in [9.17, 15) is 0 Å². The van der Waals surface area contributed by atoms with Crippen LogP contribution in [0.5, 0.6) is 0 Å². The zero-order valence-corrected chi connectivity index (χ0v) is 9.13. The normalized spacial score (nSPS) is 18.2. The quantitative estimate of drug-likeness (QED) is 0.520. The highest BCUT2D eigenvalue weighted by atomic mass is 15.1. The van der Waals surface area contributed by atoms with Gasteiger partial charge in [-0.15, -0.1) is 0 Å². The smallest absolute Gasteiger partial charge is 0.00950 e. The predicted octanol–water partition coefficient (Wildman–Crippen LogP) is 1.48. The van der Waals surface area contributed by atoms with Crippen LogP contribution in [0.1, 0.15) is 46.0 Å². The summed E-state index contributed by atoms with van der Waals surface area (Å²) in [7, 11) is 0. The van der Waals surface area contributed by atoms with E-state index in [1.54, 1.807) is 0 Å². The van der Waals surface area contributed by atoms with Crippen molar-refractivity contribution in [2.24, 2.45) is 11.7 Å². The zero-order chi connectivity index (χ0) is 10.1. The molecule has 0 spiro atoms. The Labute approximate surface area is 82.4 Å². The number of nitrogens with zero attached hydrogens (tertiary/aromatic N) is 1. The van der Waals surface area contributed by atoms with Gasteiger partial charge in [-0.2, -0.15) is 0 Å². The Balaban J connectivity index is 0.000000671. The maximum atomic E-state index is 4.00. The summed E-state index contributed by atoms with van der Waals surface area (Å²) in [6, 6.07) is 0.916. The van der Waals surface area contributed by atoms with Crippen molar-refractivity contribution in [3.63, 3.8) is 0 Å². The van der Waals surface area contributed by atoms with Crippen molar-refractivity contribution in [3.8, 4) is 0 Å². The number of hydrogen-bond acceptors (Lipinski definition) is 3. The first-order valence-corrected chi connectivity index (χ1v) is 5.45. The summed E-state index contributed by atoms with van der Waals surface area (Å²) < 4.78 is 0. The van der Waals surface area contributed by atoms with E-state index < -0.39 is 0 Å². The summed E-state index contributed by atoms with van der Waals surface area (Å²) in [4.78, 5) is 2.61. The Hall–Kier alpha value is -0.120. The van der Waals surface area contributed by atoms with E-state index >= 15 is 0 Å². The lowest BCUT2D eigenvalue weighted by atomic mass is 9.94. The molecule has 0 aliphatic heterocycles. The Morgan fingerprint density at radius 3 is 1.85 bits per heavy atom. The molecule has 0 bridgehead atoms. The molecule has 13 heavy (non-hydrogen) atoms. The fourth-order valence-corrected chi connectivity index (χ4v) is 2.19. The third-order valence-corrected chi connectivity index (χ3v) is 2.90. The third-order valence-electron chi connectivity index (χ3n) is 2.90. The van der Waals surface area contributed by atoms with Gasteiger partial charge in [0.05, 0.1) is 0 Å². The highest BCUT2D eigenvalue weighted by Crippen LogP contribution is 2.21. The molecule has 0 unspecified atom stereocenters. The fraction of sp³-hybridized carbons (Fsp3) is 1.00. The molecule has 80 valence electrons. The molecule has 0 atom stereocenters. The van der Waals surface area contributed by atoms with Crippen LogP contribution in [0.15, 0.2) is 0 Å². The minimum absolute atomic E-state index is 0.916. The van der Waals surface area contributed by atoms with Gasteiger partial charge in [-0.3, -0.25) is 11.7 Å². The van der Waals surface area contributed by atoms with Crippen LogP contribution < -0.4 is 11.7 Å². The molecule has 1 rings (SSSR count). The van der Waals surface area contributed by atoms with Gasteiger partial charge >= 0.3 is 0 Å². The lowest BCUT2D eigenvalue weighted by Gasteiger charge is -2.32. The molecule has 0 heterocycles. The van der Waals surface area contributed by atoms with Gasteiger partial charge < -0.3 is 4.90 Å². The van der Waals surface area contributed by atoms with Crippen molar-refractivity contribution in [3.05, 3.63) is 0 Å². The van der Waals surface area contributed by atoms with Gasteiger partial charge in [0.25, 0.3) is 0 Å². The molecule has 4 N–H and O–H groups in total. The van der Waals surface area contributed by atoms with Gasteiger partial charge in [0, 0.05) is 6.04 Å². The molecule has 0 amide bonds.